The van der Waals surface area contributed by atoms with Crippen molar-refractivity contribution in [3.05, 3.63) is 33.8 Å². The van der Waals surface area contributed by atoms with Crippen LogP contribution in [0, 0.1) is 0 Å². The summed E-state index contributed by atoms with van der Waals surface area (Å²) in [7, 11) is 0. The molecule has 1 fully saturated rings. The third kappa shape index (κ3) is 4.68. The molecule has 1 unspecified atom stereocenters. The van der Waals surface area contributed by atoms with E-state index in [-0.39, 0.29) is 11.8 Å². The number of hydrogen-bond donors (Lipinski definition) is 1. The highest BCUT2D eigenvalue weighted by atomic mass is 35.5. The number of nitrogens with zero attached hydrogens (tertiary/aromatic N) is 2. The second kappa shape index (κ2) is 8.73. The molecule has 140 valence electrons. The van der Waals surface area contributed by atoms with Crippen LogP contribution in [0.2, 0.25) is 10.0 Å². The number of carbonyl (C=O) groups is 2. The van der Waals surface area contributed by atoms with Gasteiger partial charge in [0.05, 0.1) is 10.7 Å². The van der Waals surface area contributed by atoms with Crippen LogP contribution in [0.5, 0.6) is 0 Å². The molecule has 0 aliphatic carbocycles. The minimum Gasteiger partial charge on any atom is -0.382 e. The lowest BCUT2D eigenvalue weighted by molar-refractivity contribution is -0.133. The number of oxime groups is 1. The Morgan fingerprint density at radius 1 is 1.31 bits per heavy atom. The van der Waals surface area contributed by atoms with E-state index in [1.807, 2.05) is 4.90 Å². The van der Waals surface area contributed by atoms with Crippen molar-refractivity contribution in [3.63, 3.8) is 0 Å². The van der Waals surface area contributed by atoms with Gasteiger partial charge in [0.2, 0.25) is 12.0 Å². The lowest BCUT2D eigenvalue weighted by atomic mass is 10.0. The van der Waals surface area contributed by atoms with Crippen molar-refractivity contribution in [2.24, 2.45) is 5.16 Å². The van der Waals surface area contributed by atoms with Crippen LogP contribution in [-0.4, -0.2) is 48.2 Å². The third-order valence-corrected chi connectivity index (χ3v) is 5.10. The van der Waals surface area contributed by atoms with E-state index in [9.17, 15) is 9.59 Å². The zero-order chi connectivity index (χ0) is 18.5. The summed E-state index contributed by atoms with van der Waals surface area (Å²) in [5.74, 6) is -0.0760. The molecule has 0 spiro atoms. The predicted octanol–water partition coefficient (Wildman–Crippen LogP) is 3.01. The van der Waals surface area contributed by atoms with Crippen LogP contribution in [0.25, 0.3) is 0 Å². The second-order valence-corrected chi connectivity index (χ2v) is 7.29. The first-order valence-corrected chi connectivity index (χ1v) is 9.54. The van der Waals surface area contributed by atoms with Gasteiger partial charge in [0.1, 0.15) is 0 Å². The summed E-state index contributed by atoms with van der Waals surface area (Å²) < 4.78 is 0. The largest absolute Gasteiger partial charge is 0.382 e. The summed E-state index contributed by atoms with van der Waals surface area (Å²) >= 11 is 12.1. The summed E-state index contributed by atoms with van der Waals surface area (Å²) in [6.45, 7) is 1.69. The van der Waals surface area contributed by atoms with Crippen molar-refractivity contribution >= 4 is 40.7 Å². The Balaban J connectivity index is 1.47. The number of likely N-dealkylation sites (tertiary alicyclic amines) is 1. The quantitative estimate of drug-likeness (QED) is 0.829. The fourth-order valence-electron chi connectivity index (χ4n) is 3.10. The van der Waals surface area contributed by atoms with Crippen molar-refractivity contribution < 1.29 is 14.4 Å². The van der Waals surface area contributed by atoms with Gasteiger partial charge in [-0.1, -0.05) is 40.8 Å². The molecule has 0 radical (unpaired) electrons. The van der Waals surface area contributed by atoms with Gasteiger partial charge in [0.15, 0.2) is 0 Å². The first-order valence-electron chi connectivity index (χ1n) is 8.78. The van der Waals surface area contributed by atoms with Crippen LogP contribution < -0.4 is 5.32 Å². The molecule has 1 atom stereocenters. The van der Waals surface area contributed by atoms with Gasteiger partial charge >= 0.3 is 0 Å². The molecule has 8 heteroatoms. The first-order chi connectivity index (χ1) is 12.5. The Bertz CT molecular complexity index is 724. The maximum absolute atomic E-state index is 12.3. The smallest absolute Gasteiger partial charge is 0.264 e. The minimum absolute atomic E-state index is 0.164. The molecule has 6 nitrogen and oxygen atoms in total. The minimum atomic E-state index is -0.684. The van der Waals surface area contributed by atoms with Gasteiger partial charge in [-0.05, 0) is 25.0 Å². The number of amides is 2. The topological polar surface area (TPSA) is 71.0 Å². The van der Waals surface area contributed by atoms with Crippen LogP contribution in [0.15, 0.2) is 23.4 Å². The van der Waals surface area contributed by atoms with Gasteiger partial charge < -0.3 is 15.1 Å². The lowest BCUT2D eigenvalue weighted by Gasteiger charge is -2.20. The average Bonchev–Trinajstić information content (AvgIpc) is 3.00. The van der Waals surface area contributed by atoms with Crippen molar-refractivity contribution in [3.8, 4) is 0 Å². The number of nitrogens with one attached hydrogen (secondary N) is 1. The van der Waals surface area contributed by atoms with Gasteiger partial charge in [-0.15, -0.1) is 0 Å². The predicted molar refractivity (Wildman–Crippen MR) is 101 cm³/mol. The molecule has 0 saturated carbocycles. The lowest BCUT2D eigenvalue weighted by Crippen LogP contribution is -2.41. The van der Waals surface area contributed by atoms with Gasteiger partial charge in [-0.2, -0.15) is 0 Å². The number of rotatable bonds is 5. The summed E-state index contributed by atoms with van der Waals surface area (Å²) in [6, 6.07) is 5.11. The molecule has 1 saturated heterocycles. The molecular formula is C18H21Cl2N3O3. The third-order valence-electron chi connectivity index (χ3n) is 4.56. The number of hydrogen-bond acceptors (Lipinski definition) is 4. The number of carbonyl (C=O) groups excluding carboxylic acids is 2. The molecule has 2 aliphatic rings. The van der Waals surface area contributed by atoms with Crippen molar-refractivity contribution in [2.75, 3.05) is 19.6 Å². The molecule has 2 amide bonds. The fourth-order valence-corrected chi connectivity index (χ4v) is 3.62. The van der Waals surface area contributed by atoms with E-state index in [2.05, 4.69) is 10.5 Å². The Morgan fingerprint density at radius 3 is 2.96 bits per heavy atom. The van der Waals surface area contributed by atoms with E-state index in [1.54, 1.807) is 18.2 Å². The number of benzene rings is 1. The van der Waals surface area contributed by atoms with Crippen LogP contribution >= 0.6 is 23.2 Å². The average molecular weight is 398 g/mol. The molecule has 26 heavy (non-hydrogen) atoms. The highest BCUT2D eigenvalue weighted by molar-refractivity contribution is 6.37. The van der Waals surface area contributed by atoms with Crippen LogP contribution in [0.1, 0.15) is 37.7 Å². The SMILES string of the molecule is O=C(NCCN1CCCCCC1=O)C1CC(c2ccc(Cl)cc2Cl)=NO1. The molecular weight excluding hydrogens is 377 g/mol. The standard InChI is InChI=1S/C18H21Cl2N3O3/c19-12-5-6-13(14(20)10-12)15-11-16(26-22-15)18(25)21-7-9-23-8-3-1-2-4-17(23)24/h5-6,10,16H,1-4,7-9,11H2,(H,21,25). The molecule has 2 heterocycles. The normalized spacial score (nSPS) is 20.4. The van der Waals surface area contributed by atoms with E-state index < -0.39 is 6.10 Å². The van der Waals surface area contributed by atoms with E-state index in [4.69, 9.17) is 28.0 Å². The zero-order valence-electron chi connectivity index (χ0n) is 14.3. The van der Waals surface area contributed by atoms with Gasteiger partial charge in [-0.3, -0.25) is 9.59 Å². The molecule has 0 aromatic heterocycles. The summed E-state index contributed by atoms with van der Waals surface area (Å²) in [4.78, 5) is 31.3. The highest BCUT2D eigenvalue weighted by Crippen LogP contribution is 2.26. The van der Waals surface area contributed by atoms with Gasteiger partial charge in [0.25, 0.3) is 5.91 Å². The van der Waals surface area contributed by atoms with Crippen molar-refractivity contribution in [2.45, 2.75) is 38.2 Å². The summed E-state index contributed by atoms with van der Waals surface area (Å²) in [5.41, 5.74) is 1.33. The summed E-state index contributed by atoms with van der Waals surface area (Å²) in [6.07, 6.45) is 3.30. The Hall–Kier alpha value is -1.79. The van der Waals surface area contributed by atoms with Crippen LogP contribution in [0.4, 0.5) is 0 Å². The second-order valence-electron chi connectivity index (χ2n) is 6.44. The Morgan fingerprint density at radius 2 is 2.15 bits per heavy atom. The molecule has 0 bridgehead atoms. The van der Waals surface area contributed by atoms with Crippen LogP contribution in [0.3, 0.4) is 0 Å². The van der Waals surface area contributed by atoms with Crippen molar-refractivity contribution in [1.82, 2.24) is 10.2 Å². The van der Waals surface area contributed by atoms with Crippen LogP contribution in [-0.2, 0) is 14.4 Å². The molecule has 2 aliphatic heterocycles. The number of halogens is 2. The Labute approximate surface area is 162 Å². The molecule has 1 N–H and O–H groups in total. The Kier molecular flexibility index (Phi) is 6.38. The highest BCUT2D eigenvalue weighted by Gasteiger charge is 2.29. The van der Waals surface area contributed by atoms with Gasteiger partial charge in [0, 0.05) is 43.1 Å². The van der Waals surface area contributed by atoms with E-state index in [1.165, 1.54) is 0 Å². The summed E-state index contributed by atoms with van der Waals surface area (Å²) in [5, 5.41) is 7.82. The monoisotopic (exact) mass is 397 g/mol. The first kappa shape index (κ1) is 19.0. The van der Waals surface area contributed by atoms with E-state index in [0.717, 1.165) is 25.8 Å². The van der Waals surface area contributed by atoms with E-state index in [0.29, 0.717) is 47.3 Å². The van der Waals surface area contributed by atoms with Gasteiger partial charge in [-0.25, -0.2) is 0 Å². The van der Waals surface area contributed by atoms with Crippen molar-refractivity contribution in [1.29, 1.82) is 0 Å². The zero-order valence-corrected chi connectivity index (χ0v) is 15.9. The molecule has 1 aromatic rings. The molecule has 1 aromatic carbocycles. The fraction of sp³-hybridized carbons (Fsp3) is 0.500. The molecule has 3 rings (SSSR count). The van der Waals surface area contributed by atoms with E-state index >= 15 is 0 Å². The maximum atomic E-state index is 12.3. The maximum Gasteiger partial charge on any atom is 0.264 e.